The molecular weight excluding hydrogens is 447 g/mol. The van der Waals surface area contributed by atoms with Gasteiger partial charge < -0.3 is 14.4 Å². The van der Waals surface area contributed by atoms with Crippen LogP contribution in [0, 0.1) is 17.1 Å². The third kappa shape index (κ3) is 3.21. The average molecular weight is 466 g/mol. The quantitative estimate of drug-likeness (QED) is 0.371. The minimum absolute atomic E-state index is 0.187. The van der Waals surface area contributed by atoms with E-state index >= 15 is 0 Å². The van der Waals surface area contributed by atoms with Crippen LogP contribution in [0.25, 0.3) is 38.6 Å². The van der Waals surface area contributed by atoms with Gasteiger partial charge in [0.1, 0.15) is 5.82 Å². The van der Waals surface area contributed by atoms with E-state index in [1.807, 2.05) is 12.1 Å². The van der Waals surface area contributed by atoms with E-state index in [1.54, 1.807) is 42.6 Å². The molecule has 2 N–H and O–H groups in total. The van der Waals surface area contributed by atoms with Crippen molar-refractivity contribution in [3.8, 4) is 22.9 Å². The van der Waals surface area contributed by atoms with E-state index in [-0.39, 0.29) is 17.8 Å². The van der Waals surface area contributed by atoms with Crippen molar-refractivity contribution in [1.29, 1.82) is 5.26 Å². The van der Waals surface area contributed by atoms with Crippen molar-refractivity contribution in [2.24, 2.45) is 0 Å². The van der Waals surface area contributed by atoms with Crippen molar-refractivity contribution >= 4 is 27.8 Å². The van der Waals surface area contributed by atoms with Crippen LogP contribution in [-0.2, 0) is 10.2 Å². The van der Waals surface area contributed by atoms with Gasteiger partial charge in [0, 0.05) is 27.7 Å². The fraction of sp³-hybridized carbons (Fsp3) is 0.148. The summed E-state index contributed by atoms with van der Waals surface area (Å²) in [6.45, 7) is 0.745. The Kier molecular flexibility index (Phi) is 4.69. The first-order valence-electron chi connectivity index (χ1n) is 11.1. The number of H-pyrrole nitrogens is 1. The van der Waals surface area contributed by atoms with Crippen LogP contribution in [0.4, 0.5) is 4.39 Å². The van der Waals surface area contributed by atoms with Crippen LogP contribution >= 0.6 is 0 Å². The van der Waals surface area contributed by atoms with Crippen LogP contribution in [-0.4, -0.2) is 39.1 Å². The third-order valence-electron chi connectivity index (χ3n) is 6.71. The normalized spacial score (nSPS) is 14.6. The van der Waals surface area contributed by atoms with Crippen molar-refractivity contribution in [2.45, 2.75) is 11.8 Å². The highest BCUT2D eigenvalue weighted by Crippen LogP contribution is 2.48. The van der Waals surface area contributed by atoms with Gasteiger partial charge in [-0.1, -0.05) is 12.1 Å². The number of hydrogen-bond acceptors (Lipinski definition) is 4. The predicted octanol–water partition coefficient (Wildman–Crippen LogP) is 5.19. The lowest BCUT2D eigenvalue weighted by Gasteiger charge is -2.41. The smallest absolute Gasteiger partial charge is 0.335 e. The van der Waals surface area contributed by atoms with E-state index in [9.17, 15) is 19.6 Å². The lowest BCUT2D eigenvalue weighted by molar-refractivity contribution is -0.0601. The number of aromatic nitrogens is 3. The molecule has 0 radical (unpaired) electrons. The Bertz CT molecular complexity index is 1640. The van der Waals surface area contributed by atoms with Crippen LogP contribution < -0.4 is 0 Å². The number of aromatic carboxylic acids is 1. The zero-order valence-electron chi connectivity index (χ0n) is 18.5. The number of carboxylic acids is 1. The topological polar surface area (TPSA) is 104 Å². The Labute approximate surface area is 199 Å². The molecule has 0 aliphatic carbocycles. The number of benzene rings is 3. The molecule has 0 amide bonds. The summed E-state index contributed by atoms with van der Waals surface area (Å²) in [5, 5.41) is 28.1. The summed E-state index contributed by atoms with van der Waals surface area (Å²) in [7, 11) is 0. The van der Waals surface area contributed by atoms with Gasteiger partial charge in [-0.3, -0.25) is 5.10 Å². The third-order valence-corrected chi connectivity index (χ3v) is 6.71. The lowest BCUT2D eigenvalue weighted by Crippen LogP contribution is -2.48. The van der Waals surface area contributed by atoms with E-state index in [1.165, 1.54) is 12.1 Å². The van der Waals surface area contributed by atoms with Gasteiger partial charge in [-0.05, 0) is 54.1 Å². The first-order chi connectivity index (χ1) is 17.0. The Balaban J connectivity index is 1.76. The summed E-state index contributed by atoms with van der Waals surface area (Å²) in [6, 6.07) is 19.3. The summed E-state index contributed by atoms with van der Waals surface area (Å²) in [6.07, 6.45) is 1.99. The predicted molar refractivity (Wildman–Crippen MR) is 128 cm³/mol. The Morgan fingerprint density at radius 2 is 1.91 bits per heavy atom. The van der Waals surface area contributed by atoms with E-state index in [2.05, 4.69) is 20.8 Å². The molecule has 8 heteroatoms. The van der Waals surface area contributed by atoms with Gasteiger partial charge >= 0.3 is 5.97 Å². The molecule has 1 fully saturated rings. The molecule has 0 unspecified atom stereocenters. The number of nitriles is 1. The van der Waals surface area contributed by atoms with Crippen LogP contribution in [0.3, 0.4) is 0 Å². The Morgan fingerprint density at radius 1 is 1.17 bits per heavy atom. The largest absolute Gasteiger partial charge is 0.478 e. The Hall–Kier alpha value is -4.48. The number of aromatic amines is 1. The molecule has 0 spiro atoms. The van der Waals surface area contributed by atoms with Gasteiger partial charge in [0.05, 0.1) is 53.9 Å². The minimum atomic E-state index is -1.00. The standard InChI is InChI=1S/C27H19FN4O3/c28-19-5-7-20(8-6-19)32-23-11-18-13-30-31-22(18)12-21(23)24(16-1-3-17(4-2-16)26(33)34)25(32)27(9-10-29)14-35-15-27/h1-8,11-13H,9,14-15H2,(H,30,31)(H,33,34). The number of hydrogen-bond donors (Lipinski definition) is 2. The molecule has 6 rings (SSSR count). The number of ether oxygens (including phenoxy) is 1. The molecule has 1 aliphatic heterocycles. The number of nitrogens with zero attached hydrogens (tertiary/aromatic N) is 3. The number of carbonyl (C=O) groups is 1. The summed E-state index contributed by atoms with van der Waals surface area (Å²) in [5.41, 5.74) is 4.68. The molecule has 0 bridgehead atoms. The zero-order chi connectivity index (χ0) is 24.2. The number of carboxylic acid groups (broad SMARTS) is 1. The van der Waals surface area contributed by atoms with Gasteiger partial charge in [0.15, 0.2) is 0 Å². The number of halogens is 1. The highest BCUT2D eigenvalue weighted by atomic mass is 19.1. The van der Waals surface area contributed by atoms with Crippen molar-refractivity contribution in [1.82, 2.24) is 14.8 Å². The molecule has 35 heavy (non-hydrogen) atoms. The van der Waals surface area contributed by atoms with Crippen LogP contribution in [0.1, 0.15) is 22.5 Å². The minimum Gasteiger partial charge on any atom is -0.478 e. The molecule has 5 aromatic rings. The van der Waals surface area contributed by atoms with Crippen LogP contribution in [0.5, 0.6) is 0 Å². The van der Waals surface area contributed by atoms with E-state index in [0.29, 0.717) is 13.2 Å². The number of nitrogens with one attached hydrogen (secondary N) is 1. The SMILES string of the molecule is N#CCC1(c2c(-c3ccc(C(=O)O)cc3)c3cc4[nH]ncc4cc3n2-c2ccc(F)cc2)COC1. The van der Waals surface area contributed by atoms with Gasteiger partial charge in [-0.15, -0.1) is 0 Å². The second-order valence-electron chi connectivity index (χ2n) is 8.85. The highest BCUT2D eigenvalue weighted by molar-refractivity contribution is 6.06. The molecule has 3 heterocycles. The maximum Gasteiger partial charge on any atom is 0.335 e. The molecule has 0 atom stereocenters. The van der Waals surface area contributed by atoms with Crippen molar-refractivity contribution in [3.05, 3.63) is 83.9 Å². The van der Waals surface area contributed by atoms with Gasteiger partial charge in [-0.25, -0.2) is 9.18 Å². The first-order valence-corrected chi connectivity index (χ1v) is 11.1. The fourth-order valence-corrected chi connectivity index (χ4v) is 4.98. The molecule has 2 aromatic heterocycles. The summed E-state index contributed by atoms with van der Waals surface area (Å²) < 4.78 is 21.6. The Morgan fingerprint density at radius 3 is 2.54 bits per heavy atom. The molecular formula is C27H19FN4O3. The maximum absolute atomic E-state index is 13.9. The zero-order valence-corrected chi connectivity index (χ0v) is 18.5. The van der Waals surface area contributed by atoms with Crippen LogP contribution in [0.15, 0.2) is 66.9 Å². The molecule has 1 aliphatic rings. The van der Waals surface area contributed by atoms with Gasteiger partial charge in [-0.2, -0.15) is 10.4 Å². The summed E-state index contributed by atoms with van der Waals surface area (Å²) in [4.78, 5) is 11.5. The first kappa shape index (κ1) is 21.1. The van der Waals surface area contributed by atoms with Crippen molar-refractivity contribution in [2.75, 3.05) is 13.2 Å². The maximum atomic E-state index is 13.9. The number of rotatable bonds is 5. The second-order valence-corrected chi connectivity index (χ2v) is 8.85. The second kappa shape index (κ2) is 7.79. The van der Waals surface area contributed by atoms with E-state index in [4.69, 9.17) is 4.74 Å². The van der Waals surface area contributed by atoms with Crippen LogP contribution in [0.2, 0.25) is 0 Å². The van der Waals surface area contributed by atoms with E-state index < -0.39 is 11.4 Å². The molecule has 172 valence electrons. The highest BCUT2D eigenvalue weighted by Gasteiger charge is 2.45. The molecule has 3 aromatic carbocycles. The molecule has 0 saturated carbocycles. The summed E-state index contributed by atoms with van der Waals surface area (Å²) >= 11 is 0. The number of fused-ring (bicyclic) bond motifs is 2. The van der Waals surface area contributed by atoms with Gasteiger partial charge in [0.2, 0.25) is 0 Å². The van der Waals surface area contributed by atoms with Crippen molar-refractivity contribution < 1.29 is 19.0 Å². The summed E-state index contributed by atoms with van der Waals surface area (Å²) in [5.74, 6) is -1.34. The monoisotopic (exact) mass is 466 g/mol. The van der Waals surface area contributed by atoms with Crippen molar-refractivity contribution in [3.63, 3.8) is 0 Å². The van der Waals surface area contributed by atoms with E-state index in [0.717, 1.165) is 44.3 Å². The lowest BCUT2D eigenvalue weighted by atomic mass is 9.76. The fourth-order valence-electron chi connectivity index (χ4n) is 4.98. The molecule has 1 saturated heterocycles. The van der Waals surface area contributed by atoms with Gasteiger partial charge in [0.25, 0.3) is 0 Å². The average Bonchev–Trinajstić information content (AvgIpc) is 3.42. The molecule has 7 nitrogen and oxygen atoms in total.